The number of rotatable bonds is 4. The van der Waals surface area contributed by atoms with E-state index >= 15 is 0 Å². The highest BCUT2D eigenvalue weighted by atomic mass is 16.5. The summed E-state index contributed by atoms with van der Waals surface area (Å²) in [6, 6.07) is 6.25. The van der Waals surface area contributed by atoms with Gasteiger partial charge in [0.1, 0.15) is 5.82 Å². The van der Waals surface area contributed by atoms with Crippen LogP contribution in [0.1, 0.15) is 55.1 Å². The predicted octanol–water partition coefficient (Wildman–Crippen LogP) is 4.44. The molecule has 3 rings (SSSR count). The van der Waals surface area contributed by atoms with Gasteiger partial charge in [-0.05, 0) is 43.4 Å². The van der Waals surface area contributed by atoms with Gasteiger partial charge >= 0.3 is 6.09 Å². The van der Waals surface area contributed by atoms with Crippen molar-refractivity contribution in [1.82, 2.24) is 9.55 Å². The number of carbonyl (C=O) groups is 1. The summed E-state index contributed by atoms with van der Waals surface area (Å²) in [4.78, 5) is 16.8. The SMILES string of the molecule is Cc1cccc([C@H](C)c2nccn2C(=O)OCC2(C)CC2)c1C. The molecule has 122 valence electrons. The van der Waals surface area contributed by atoms with Crippen LogP contribution in [0.3, 0.4) is 0 Å². The average Bonchev–Trinajstić information content (AvgIpc) is 3.07. The smallest absolute Gasteiger partial charge is 0.419 e. The predicted molar refractivity (Wildman–Crippen MR) is 89.7 cm³/mol. The van der Waals surface area contributed by atoms with Crippen LogP contribution in [0.2, 0.25) is 0 Å². The second kappa shape index (κ2) is 5.84. The number of nitrogens with zero attached hydrogens (tertiary/aromatic N) is 2. The average molecular weight is 312 g/mol. The molecule has 0 radical (unpaired) electrons. The van der Waals surface area contributed by atoms with E-state index in [0.717, 1.165) is 18.7 Å². The van der Waals surface area contributed by atoms with Crippen LogP contribution >= 0.6 is 0 Å². The first-order valence-corrected chi connectivity index (χ1v) is 8.18. The maximum Gasteiger partial charge on any atom is 0.419 e. The summed E-state index contributed by atoms with van der Waals surface area (Å²) in [5, 5.41) is 0. The highest BCUT2D eigenvalue weighted by molar-refractivity contribution is 5.71. The molecule has 0 unspecified atom stereocenters. The third kappa shape index (κ3) is 3.16. The van der Waals surface area contributed by atoms with Gasteiger partial charge in [0.15, 0.2) is 0 Å². The Labute approximate surface area is 137 Å². The zero-order chi connectivity index (χ0) is 16.6. The Kier molecular flexibility index (Phi) is 4.00. The molecule has 2 aromatic rings. The van der Waals surface area contributed by atoms with E-state index < -0.39 is 0 Å². The van der Waals surface area contributed by atoms with Crippen LogP contribution in [0.25, 0.3) is 0 Å². The molecule has 0 N–H and O–H groups in total. The van der Waals surface area contributed by atoms with Crippen molar-refractivity contribution in [3.63, 3.8) is 0 Å². The van der Waals surface area contributed by atoms with Gasteiger partial charge in [-0.25, -0.2) is 14.3 Å². The topological polar surface area (TPSA) is 44.1 Å². The van der Waals surface area contributed by atoms with Gasteiger partial charge in [-0.2, -0.15) is 0 Å². The number of aryl methyl sites for hydroxylation is 1. The van der Waals surface area contributed by atoms with Crippen LogP contribution in [0.15, 0.2) is 30.6 Å². The van der Waals surface area contributed by atoms with E-state index in [4.69, 9.17) is 4.74 Å². The van der Waals surface area contributed by atoms with Crippen LogP contribution in [0, 0.1) is 19.3 Å². The van der Waals surface area contributed by atoms with E-state index in [-0.39, 0.29) is 17.4 Å². The third-order valence-corrected chi connectivity index (χ3v) is 5.01. The molecule has 1 aliphatic carbocycles. The summed E-state index contributed by atoms with van der Waals surface area (Å²) in [5.74, 6) is 0.763. The summed E-state index contributed by atoms with van der Waals surface area (Å²) in [5.41, 5.74) is 3.87. The lowest BCUT2D eigenvalue weighted by Gasteiger charge is -2.17. The van der Waals surface area contributed by atoms with Crippen LogP contribution in [-0.4, -0.2) is 22.3 Å². The van der Waals surface area contributed by atoms with Crippen molar-refractivity contribution in [3.05, 3.63) is 53.1 Å². The van der Waals surface area contributed by atoms with Crippen molar-refractivity contribution in [3.8, 4) is 0 Å². The molecule has 1 fully saturated rings. The largest absolute Gasteiger partial charge is 0.448 e. The zero-order valence-electron chi connectivity index (χ0n) is 14.3. The zero-order valence-corrected chi connectivity index (χ0v) is 14.3. The third-order valence-electron chi connectivity index (χ3n) is 5.01. The molecule has 1 heterocycles. The second-order valence-electron chi connectivity index (χ2n) is 7.03. The number of ether oxygens (including phenoxy) is 1. The molecule has 4 nitrogen and oxygen atoms in total. The fourth-order valence-electron chi connectivity index (χ4n) is 2.83. The van der Waals surface area contributed by atoms with Crippen molar-refractivity contribution in [2.24, 2.45) is 5.41 Å². The van der Waals surface area contributed by atoms with Gasteiger partial charge in [-0.3, -0.25) is 0 Å². The first-order valence-electron chi connectivity index (χ1n) is 8.18. The number of hydrogen-bond donors (Lipinski definition) is 0. The van der Waals surface area contributed by atoms with Crippen LogP contribution < -0.4 is 0 Å². The molecule has 1 aliphatic rings. The van der Waals surface area contributed by atoms with E-state index in [9.17, 15) is 4.79 Å². The second-order valence-corrected chi connectivity index (χ2v) is 7.03. The molecule has 23 heavy (non-hydrogen) atoms. The molecule has 1 aromatic heterocycles. The van der Waals surface area contributed by atoms with Crippen molar-refractivity contribution >= 4 is 6.09 Å². The van der Waals surface area contributed by atoms with Gasteiger partial charge in [-0.15, -0.1) is 0 Å². The minimum Gasteiger partial charge on any atom is -0.448 e. The highest BCUT2D eigenvalue weighted by Crippen LogP contribution is 2.45. The number of imidazole rings is 1. The van der Waals surface area contributed by atoms with Crippen LogP contribution in [0.4, 0.5) is 4.79 Å². The first kappa shape index (κ1) is 15.8. The number of aromatic nitrogens is 2. The molecular formula is C19H24N2O2. The molecular weight excluding hydrogens is 288 g/mol. The molecule has 0 spiro atoms. The van der Waals surface area contributed by atoms with Crippen molar-refractivity contribution in [2.75, 3.05) is 6.61 Å². The van der Waals surface area contributed by atoms with E-state index in [1.54, 1.807) is 12.4 Å². The Morgan fingerprint density at radius 1 is 1.39 bits per heavy atom. The molecule has 0 aliphatic heterocycles. The minimum atomic E-state index is -0.331. The Hall–Kier alpha value is -2.10. The van der Waals surface area contributed by atoms with Gasteiger partial charge in [0.05, 0.1) is 6.61 Å². The Balaban J connectivity index is 1.82. The molecule has 4 heteroatoms. The van der Waals surface area contributed by atoms with Crippen LogP contribution in [-0.2, 0) is 4.74 Å². The minimum absolute atomic E-state index is 0.0361. The summed E-state index contributed by atoms with van der Waals surface area (Å²) in [6.07, 6.45) is 5.29. The molecule has 1 aromatic carbocycles. The highest BCUT2D eigenvalue weighted by Gasteiger charge is 2.38. The van der Waals surface area contributed by atoms with Gasteiger partial charge in [0, 0.05) is 23.7 Å². The van der Waals surface area contributed by atoms with E-state index in [1.165, 1.54) is 21.3 Å². The summed E-state index contributed by atoms with van der Waals surface area (Å²) in [6.45, 7) is 8.93. The summed E-state index contributed by atoms with van der Waals surface area (Å²) < 4.78 is 7.02. The number of benzene rings is 1. The lowest BCUT2D eigenvalue weighted by molar-refractivity contribution is 0.125. The normalized spacial score (nSPS) is 16.9. The Bertz CT molecular complexity index is 729. The first-order chi connectivity index (χ1) is 10.9. The van der Waals surface area contributed by atoms with E-state index in [2.05, 4.69) is 44.8 Å². The fourth-order valence-corrected chi connectivity index (χ4v) is 2.83. The van der Waals surface area contributed by atoms with E-state index in [0.29, 0.717) is 6.61 Å². The number of carbonyl (C=O) groups excluding carboxylic acids is 1. The Morgan fingerprint density at radius 3 is 2.83 bits per heavy atom. The monoisotopic (exact) mass is 312 g/mol. The quantitative estimate of drug-likeness (QED) is 0.838. The van der Waals surface area contributed by atoms with Crippen LogP contribution in [0.5, 0.6) is 0 Å². The lowest BCUT2D eigenvalue weighted by Crippen LogP contribution is -2.21. The molecule has 0 amide bonds. The Morgan fingerprint density at radius 2 is 2.13 bits per heavy atom. The van der Waals surface area contributed by atoms with Gasteiger partial charge < -0.3 is 4.74 Å². The maximum absolute atomic E-state index is 12.4. The lowest BCUT2D eigenvalue weighted by atomic mass is 9.93. The van der Waals surface area contributed by atoms with E-state index in [1.807, 2.05) is 6.07 Å². The van der Waals surface area contributed by atoms with Gasteiger partial charge in [-0.1, -0.05) is 32.0 Å². The van der Waals surface area contributed by atoms with Crippen molar-refractivity contribution < 1.29 is 9.53 Å². The summed E-state index contributed by atoms with van der Waals surface area (Å²) in [7, 11) is 0. The molecule has 1 atom stereocenters. The maximum atomic E-state index is 12.4. The standard InChI is InChI=1S/C19H24N2O2/c1-13-6-5-7-16(14(13)2)15(3)17-20-10-11-21(17)18(22)23-12-19(4)8-9-19/h5-7,10-11,15H,8-9,12H2,1-4H3/t15-/m0/s1. The fraction of sp³-hybridized carbons (Fsp3) is 0.474. The number of hydrogen-bond acceptors (Lipinski definition) is 3. The molecule has 0 saturated heterocycles. The summed E-state index contributed by atoms with van der Waals surface area (Å²) >= 11 is 0. The van der Waals surface area contributed by atoms with Gasteiger partial charge in [0.25, 0.3) is 0 Å². The molecule has 0 bridgehead atoms. The van der Waals surface area contributed by atoms with Crippen molar-refractivity contribution in [2.45, 2.75) is 46.5 Å². The molecule has 1 saturated carbocycles. The van der Waals surface area contributed by atoms with Gasteiger partial charge in [0.2, 0.25) is 0 Å². The van der Waals surface area contributed by atoms with Crippen molar-refractivity contribution in [1.29, 1.82) is 0 Å².